The Morgan fingerprint density at radius 1 is 1.19 bits per heavy atom. The molecular weight excluding hydrogens is 491 g/mol. The van der Waals surface area contributed by atoms with Gasteiger partial charge in [-0.2, -0.15) is 13.2 Å². The molecule has 1 amide bonds. The van der Waals surface area contributed by atoms with Crippen molar-refractivity contribution in [2.45, 2.75) is 24.5 Å². The summed E-state index contributed by atoms with van der Waals surface area (Å²) in [7, 11) is 1.60. The number of nitrogens with zero attached hydrogens (tertiary/aromatic N) is 2. The Hall–Kier alpha value is -3.86. The zero-order valence-electron chi connectivity index (χ0n) is 19.7. The number of alkyl halides is 3. The molecule has 0 aliphatic heterocycles. The minimum Gasteiger partial charge on any atom is -0.388 e. The molecule has 188 valence electrons. The average Bonchev–Trinajstić information content (AvgIpc) is 2.86. The molecule has 0 fully saturated rings. The van der Waals surface area contributed by atoms with Gasteiger partial charge in [-0.15, -0.1) is 11.8 Å². The van der Waals surface area contributed by atoms with Crippen molar-refractivity contribution in [3.8, 4) is 5.69 Å². The van der Waals surface area contributed by atoms with Crippen molar-refractivity contribution in [2.75, 3.05) is 13.3 Å². The van der Waals surface area contributed by atoms with Gasteiger partial charge in [0, 0.05) is 47.0 Å². The number of allylic oxidation sites excluding steroid dienone is 1. The number of carbonyl (C=O) groups excluding carboxylic acids is 1. The van der Waals surface area contributed by atoms with E-state index in [1.807, 2.05) is 12.3 Å². The monoisotopic (exact) mass is 515 g/mol. The van der Waals surface area contributed by atoms with E-state index in [2.05, 4.69) is 15.6 Å². The zero-order chi connectivity index (χ0) is 26.5. The van der Waals surface area contributed by atoms with Gasteiger partial charge in [0.1, 0.15) is 5.56 Å². The van der Waals surface area contributed by atoms with Crippen molar-refractivity contribution in [3.05, 3.63) is 93.2 Å². The predicted molar refractivity (Wildman–Crippen MR) is 135 cm³/mol. The SMILES string of the molecule is CN/C(=C\C=N)c1cc(C(=O)NCc2ccc(SC)cn2)c(=O)n(-c2cccc(C(F)(F)F)c2)c1C. The van der Waals surface area contributed by atoms with Crippen molar-refractivity contribution < 1.29 is 18.0 Å². The average molecular weight is 516 g/mol. The number of rotatable bonds is 8. The first-order chi connectivity index (χ1) is 17.1. The number of benzene rings is 1. The van der Waals surface area contributed by atoms with Crippen LogP contribution < -0.4 is 16.2 Å². The summed E-state index contributed by atoms with van der Waals surface area (Å²) in [5.74, 6) is -0.706. The molecule has 1 aromatic carbocycles. The first-order valence-electron chi connectivity index (χ1n) is 10.7. The fraction of sp³-hybridized carbons (Fsp3) is 0.200. The molecule has 2 heterocycles. The van der Waals surface area contributed by atoms with E-state index in [0.29, 0.717) is 22.6 Å². The molecule has 0 unspecified atom stereocenters. The van der Waals surface area contributed by atoms with Crippen LogP contribution in [0.25, 0.3) is 11.4 Å². The first-order valence-corrected chi connectivity index (χ1v) is 11.9. The predicted octanol–water partition coefficient (Wildman–Crippen LogP) is 4.42. The summed E-state index contributed by atoms with van der Waals surface area (Å²) >= 11 is 1.52. The topological polar surface area (TPSA) is 99.9 Å². The fourth-order valence-electron chi connectivity index (χ4n) is 3.56. The van der Waals surface area contributed by atoms with E-state index in [-0.39, 0.29) is 17.8 Å². The smallest absolute Gasteiger partial charge is 0.388 e. The van der Waals surface area contributed by atoms with E-state index in [9.17, 15) is 22.8 Å². The molecule has 0 spiro atoms. The lowest BCUT2D eigenvalue weighted by Crippen LogP contribution is -2.34. The lowest BCUT2D eigenvalue weighted by Gasteiger charge is -2.19. The highest BCUT2D eigenvalue weighted by molar-refractivity contribution is 7.98. The van der Waals surface area contributed by atoms with E-state index in [0.717, 1.165) is 27.8 Å². The van der Waals surface area contributed by atoms with Crippen LogP contribution in [0.3, 0.4) is 0 Å². The molecule has 2 aromatic heterocycles. The number of halogens is 3. The molecule has 36 heavy (non-hydrogen) atoms. The number of nitrogens with one attached hydrogen (secondary N) is 3. The molecular formula is C25H24F3N5O2S. The second-order valence-corrected chi connectivity index (χ2v) is 8.49. The van der Waals surface area contributed by atoms with Gasteiger partial charge in [0.15, 0.2) is 0 Å². The van der Waals surface area contributed by atoms with E-state index >= 15 is 0 Å². The third-order valence-electron chi connectivity index (χ3n) is 5.40. The van der Waals surface area contributed by atoms with E-state index < -0.39 is 23.2 Å². The zero-order valence-corrected chi connectivity index (χ0v) is 20.6. The normalized spacial score (nSPS) is 11.8. The van der Waals surface area contributed by atoms with Gasteiger partial charge in [0.05, 0.1) is 17.8 Å². The van der Waals surface area contributed by atoms with E-state index in [1.165, 1.54) is 36.0 Å². The molecule has 0 radical (unpaired) electrons. The molecule has 0 aliphatic carbocycles. The van der Waals surface area contributed by atoms with Gasteiger partial charge in [-0.05, 0) is 55.7 Å². The highest BCUT2D eigenvalue weighted by Crippen LogP contribution is 2.30. The number of amides is 1. The molecule has 0 bridgehead atoms. The van der Waals surface area contributed by atoms with E-state index in [4.69, 9.17) is 5.41 Å². The molecule has 3 N–H and O–H groups in total. The lowest BCUT2D eigenvalue weighted by atomic mass is 10.0. The fourth-order valence-corrected chi connectivity index (χ4v) is 3.93. The third-order valence-corrected chi connectivity index (χ3v) is 6.11. The van der Waals surface area contributed by atoms with Crippen molar-refractivity contribution in [1.82, 2.24) is 20.2 Å². The first kappa shape index (κ1) is 26.7. The number of thioether (sulfide) groups is 1. The Balaban J connectivity index is 2.13. The Bertz CT molecular complexity index is 1370. The van der Waals surface area contributed by atoms with Crippen molar-refractivity contribution in [2.24, 2.45) is 0 Å². The Kier molecular flexibility index (Phi) is 8.36. The number of hydrogen-bond acceptors (Lipinski definition) is 6. The van der Waals surface area contributed by atoms with Gasteiger partial charge >= 0.3 is 6.18 Å². The van der Waals surface area contributed by atoms with Gasteiger partial charge in [-0.3, -0.25) is 19.1 Å². The maximum absolute atomic E-state index is 13.4. The maximum Gasteiger partial charge on any atom is 0.416 e. The summed E-state index contributed by atoms with van der Waals surface area (Å²) in [6.45, 7) is 1.61. The molecule has 7 nitrogen and oxygen atoms in total. The highest BCUT2D eigenvalue weighted by atomic mass is 32.2. The van der Waals surface area contributed by atoms with Crippen LogP contribution in [0.1, 0.15) is 32.9 Å². The standard InChI is InChI=1S/C25H24F3N5O2S/c1-15-20(22(30-2)9-10-29)12-21(23(34)32-13-17-7-8-19(36-3)14-31-17)24(35)33(15)18-6-4-5-16(11-18)25(26,27)28/h4-12,14,29-30H,13H2,1-3H3,(H,32,34)/b22-9-,29-10?. The summed E-state index contributed by atoms with van der Waals surface area (Å²) in [6, 6.07) is 9.30. The Morgan fingerprint density at radius 2 is 1.94 bits per heavy atom. The van der Waals surface area contributed by atoms with Crippen LogP contribution in [0.5, 0.6) is 0 Å². The van der Waals surface area contributed by atoms with Crippen molar-refractivity contribution in [3.63, 3.8) is 0 Å². The second-order valence-electron chi connectivity index (χ2n) is 7.61. The van der Waals surface area contributed by atoms with Crippen LogP contribution in [0.4, 0.5) is 13.2 Å². The van der Waals surface area contributed by atoms with Crippen molar-refractivity contribution >= 4 is 29.6 Å². The minimum absolute atomic E-state index is 0.0390. The van der Waals surface area contributed by atoms with Crippen LogP contribution in [0.15, 0.2) is 64.4 Å². The summed E-state index contributed by atoms with van der Waals surface area (Å²) in [5, 5.41) is 13.0. The molecule has 3 rings (SSSR count). The maximum atomic E-state index is 13.4. The summed E-state index contributed by atoms with van der Waals surface area (Å²) in [6.07, 6.45) is 1.41. The van der Waals surface area contributed by atoms with Gasteiger partial charge in [-0.1, -0.05) is 6.07 Å². The van der Waals surface area contributed by atoms with Crippen LogP contribution >= 0.6 is 11.8 Å². The molecule has 0 saturated heterocycles. The largest absolute Gasteiger partial charge is 0.416 e. The van der Waals surface area contributed by atoms with Gasteiger partial charge < -0.3 is 16.0 Å². The van der Waals surface area contributed by atoms with Gasteiger partial charge in [0.25, 0.3) is 11.5 Å². The minimum atomic E-state index is -4.61. The molecule has 0 saturated carbocycles. The second kappa shape index (κ2) is 11.3. The van der Waals surface area contributed by atoms with Crippen LogP contribution in [-0.2, 0) is 12.7 Å². The van der Waals surface area contributed by atoms with Crippen LogP contribution in [-0.4, -0.2) is 35.0 Å². The number of carbonyl (C=O) groups is 1. The van der Waals surface area contributed by atoms with Crippen LogP contribution in [0, 0.1) is 12.3 Å². The van der Waals surface area contributed by atoms with E-state index in [1.54, 1.807) is 26.2 Å². The number of pyridine rings is 2. The van der Waals surface area contributed by atoms with Crippen LogP contribution in [0.2, 0.25) is 0 Å². The quantitative estimate of drug-likeness (QED) is 0.305. The molecule has 11 heteroatoms. The molecule has 0 atom stereocenters. The summed E-state index contributed by atoms with van der Waals surface area (Å²) < 4.78 is 41.2. The van der Waals surface area contributed by atoms with Gasteiger partial charge in [0.2, 0.25) is 0 Å². The number of hydrogen-bond donors (Lipinski definition) is 3. The Morgan fingerprint density at radius 3 is 2.53 bits per heavy atom. The highest BCUT2D eigenvalue weighted by Gasteiger charge is 2.31. The third kappa shape index (κ3) is 5.85. The van der Waals surface area contributed by atoms with Crippen molar-refractivity contribution in [1.29, 1.82) is 5.41 Å². The van der Waals surface area contributed by atoms with Gasteiger partial charge in [-0.25, -0.2) is 0 Å². The molecule has 3 aromatic rings. The summed E-state index contributed by atoms with van der Waals surface area (Å²) in [5.41, 5.74) is -0.339. The number of aromatic nitrogens is 2. The molecule has 0 aliphatic rings. The lowest BCUT2D eigenvalue weighted by molar-refractivity contribution is -0.137. The Labute approximate surface area is 210 Å². The summed E-state index contributed by atoms with van der Waals surface area (Å²) in [4.78, 5) is 31.7.